The second kappa shape index (κ2) is 6.16. The van der Waals surface area contributed by atoms with Gasteiger partial charge in [0.05, 0.1) is 0 Å². The molecule has 1 aromatic heterocycles. The predicted octanol–water partition coefficient (Wildman–Crippen LogP) is 3.00. The standard InChI is InChI=1S/C15H18N2/c1-13-4-2-5-14(8-7-13)10-17-12-15-6-3-9-16-11-15/h2-6,8-9,11,17H,7,10,12H2,1H3. The fraction of sp³-hybridized carbons (Fsp3) is 0.267. The Bertz CT molecular complexity index is 441. The summed E-state index contributed by atoms with van der Waals surface area (Å²) in [6.45, 7) is 3.94. The van der Waals surface area contributed by atoms with Gasteiger partial charge in [-0.25, -0.2) is 0 Å². The van der Waals surface area contributed by atoms with Gasteiger partial charge in [-0.1, -0.05) is 35.9 Å². The van der Waals surface area contributed by atoms with Crippen molar-refractivity contribution in [2.45, 2.75) is 19.9 Å². The lowest BCUT2D eigenvalue weighted by Crippen LogP contribution is -2.16. The van der Waals surface area contributed by atoms with E-state index in [1.807, 2.05) is 12.3 Å². The van der Waals surface area contributed by atoms with Crippen molar-refractivity contribution in [2.75, 3.05) is 6.54 Å². The van der Waals surface area contributed by atoms with Crippen molar-refractivity contribution < 1.29 is 0 Å². The van der Waals surface area contributed by atoms with Crippen LogP contribution >= 0.6 is 0 Å². The molecule has 1 N–H and O–H groups in total. The number of allylic oxidation sites excluding steroid dienone is 4. The highest BCUT2D eigenvalue weighted by Gasteiger charge is 1.97. The molecule has 17 heavy (non-hydrogen) atoms. The lowest BCUT2D eigenvalue weighted by atomic mass is 10.2. The molecule has 88 valence electrons. The van der Waals surface area contributed by atoms with Crippen LogP contribution in [-0.2, 0) is 6.54 Å². The Morgan fingerprint density at radius 2 is 2.29 bits per heavy atom. The maximum atomic E-state index is 4.10. The molecule has 2 heteroatoms. The second-order valence-electron chi connectivity index (χ2n) is 4.32. The maximum Gasteiger partial charge on any atom is 0.0312 e. The molecule has 1 aliphatic rings. The molecule has 2 rings (SSSR count). The minimum atomic E-state index is 0.866. The summed E-state index contributed by atoms with van der Waals surface area (Å²) in [6, 6.07) is 4.05. The summed E-state index contributed by atoms with van der Waals surface area (Å²) >= 11 is 0. The molecule has 2 nitrogen and oxygen atoms in total. The fourth-order valence-corrected chi connectivity index (χ4v) is 1.75. The molecule has 0 spiro atoms. The first-order chi connectivity index (χ1) is 8.34. The molecule has 0 unspecified atom stereocenters. The van der Waals surface area contributed by atoms with Gasteiger partial charge in [0.15, 0.2) is 0 Å². The average molecular weight is 226 g/mol. The van der Waals surface area contributed by atoms with Gasteiger partial charge < -0.3 is 5.32 Å². The van der Waals surface area contributed by atoms with Gasteiger partial charge in [0, 0.05) is 25.5 Å². The molecule has 0 amide bonds. The smallest absolute Gasteiger partial charge is 0.0312 e. The molecule has 0 saturated carbocycles. The van der Waals surface area contributed by atoms with Gasteiger partial charge in [-0.15, -0.1) is 0 Å². The molecule has 1 heterocycles. The molecule has 1 aromatic rings. The Morgan fingerprint density at radius 1 is 1.35 bits per heavy atom. The van der Waals surface area contributed by atoms with Crippen LogP contribution in [0, 0.1) is 0 Å². The monoisotopic (exact) mass is 226 g/mol. The van der Waals surface area contributed by atoms with Gasteiger partial charge in [0.1, 0.15) is 0 Å². The van der Waals surface area contributed by atoms with Crippen LogP contribution in [0.5, 0.6) is 0 Å². The molecule has 0 fully saturated rings. The Balaban J connectivity index is 1.80. The predicted molar refractivity (Wildman–Crippen MR) is 71.5 cm³/mol. The van der Waals surface area contributed by atoms with E-state index in [1.54, 1.807) is 6.20 Å². The molecule has 0 aliphatic heterocycles. The third-order valence-corrected chi connectivity index (χ3v) is 2.76. The van der Waals surface area contributed by atoms with Crippen LogP contribution in [0.25, 0.3) is 0 Å². The first-order valence-electron chi connectivity index (χ1n) is 5.97. The van der Waals surface area contributed by atoms with E-state index in [1.165, 1.54) is 16.7 Å². The summed E-state index contributed by atoms with van der Waals surface area (Å²) in [6.07, 6.45) is 13.5. The lowest BCUT2D eigenvalue weighted by molar-refractivity contribution is 0.743. The topological polar surface area (TPSA) is 24.9 Å². The molecule has 0 atom stereocenters. The summed E-state index contributed by atoms with van der Waals surface area (Å²) < 4.78 is 0. The minimum Gasteiger partial charge on any atom is -0.309 e. The van der Waals surface area contributed by atoms with Gasteiger partial charge in [-0.05, 0) is 30.5 Å². The second-order valence-corrected chi connectivity index (χ2v) is 4.32. The highest BCUT2D eigenvalue weighted by molar-refractivity contribution is 5.30. The van der Waals surface area contributed by atoms with Crippen LogP contribution in [0.3, 0.4) is 0 Å². The van der Waals surface area contributed by atoms with Crippen molar-refractivity contribution in [1.29, 1.82) is 0 Å². The van der Waals surface area contributed by atoms with Crippen molar-refractivity contribution in [3.63, 3.8) is 0 Å². The zero-order valence-corrected chi connectivity index (χ0v) is 10.2. The minimum absolute atomic E-state index is 0.866. The number of nitrogens with zero attached hydrogens (tertiary/aromatic N) is 1. The van der Waals surface area contributed by atoms with Gasteiger partial charge >= 0.3 is 0 Å². The van der Waals surface area contributed by atoms with Crippen LogP contribution in [0.1, 0.15) is 18.9 Å². The molecule has 1 aliphatic carbocycles. The fourth-order valence-electron chi connectivity index (χ4n) is 1.75. The number of aromatic nitrogens is 1. The number of nitrogens with one attached hydrogen (secondary N) is 1. The summed E-state index contributed by atoms with van der Waals surface area (Å²) in [5, 5.41) is 3.43. The van der Waals surface area contributed by atoms with E-state index in [2.05, 4.69) is 47.6 Å². The Kier molecular flexibility index (Phi) is 4.28. The highest BCUT2D eigenvalue weighted by atomic mass is 14.9. The zero-order chi connectivity index (χ0) is 11.9. The Hall–Kier alpha value is -1.67. The normalized spacial score (nSPS) is 15.1. The zero-order valence-electron chi connectivity index (χ0n) is 10.2. The van der Waals surface area contributed by atoms with Gasteiger partial charge in [-0.3, -0.25) is 4.98 Å². The van der Waals surface area contributed by atoms with Crippen molar-refractivity contribution in [1.82, 2.24) is 10.3 Å². The van der Waals surface area contributed by atoms with E-state index in [9.17, 15) is 0 Å². The summed E-state index contributed by atoms with van der Waals surface area (Å²) in [5.74, 6) is 0. The largest absolute Gasteiger partial charge is 0.309 e. The van der Waals surface area contributed by atoms with Gasteiger partial charge in [0.25, 0.3) is 0 Å². The van der Waals surface area contributed by atoms with E-state index < -0.39 is 0 Å². The van der Waals surface area contributed by atoms with Gasteiger partial charge in [-0.2, -0.15) is 0 Å². The maximum absolute atomic E-state index is 4.10. The third kappa shape index (κ3) is 4.00. The van der Waals surface area contributed by atoms with E-state index >= 15 is 0 Å². The van der Waals surface area contributed by atoms with Crippen LogP contribution in [0.15, 0.2) is 60.0 Å². The number of rotatable bonds is 4. The average Bonchev–Trinajstić information content (AvgIpc) is 2.56. The van der Waals surface area contributed by atoms with Crippen molar-refractivity contribution in [3.8, 4) is 0 Å². The summed E-state index contributed by atoms with van der Waals surface area (Å²) in [5.41, 5.74) is 3.98. The summed E-state index contributed by atoms with van der Waals surface area (Å²) in [7, 11) is 0. The van der Waals surface area contributed by atoms with Crippen molar-refractivity contribution >= 4 is 0 Å². The van der Waals surface area contributed by atoms with Gasteiger partial charge in [0.2, 0.25) is 0 Å². The molecule has 0 bridgehead atoms. The van der Waals surface area contributed by atoms with E-state index in [0.717, 1.165) is 19.5 Å². The third-order valence-electron chi connectivity index (χ3n) is 2.76. The van der Waals surface area contributed by atoms with Crippen LogP contribution in [-0.4, -0.2) is 11.5 Å². The highest BCUT2D eigenvalue weighted by Crippen LogP contribution is 2.10. The summed E-state index contributed by atoms with van der Waals surface area (Å²) in [4.78, 5) is 4.10. The van der Waals surface area contributed by atoms with Crippen LogP contribution in [0.2, 0.25) is 0 Å². The Labute approximate surface area is 103 Å². The molecular formula is C15H18N2. The van der Waals surface area contributed by atoms with Crippen LogP contribution < -0.4 is 5.32 Å². The van der Waals surface area contributed by atoms with E-state index in [4.69, 9.17) is 0 Å². The lowest BCUT2D eigenvalue weighted by Gasteiger charge is -2.05. The molecule has 0 radical (unpaired) electrons. The number of hydrogen-bond donors (Lipinski definition) is 1. The quantitative estimate of drug-likeness (QED) is 0.853. The molecule has 0 saturated heterocycles. The van der Waals surface area contributed by atoms with Crippen LogP contribution in [0.4, 0.5) is 0 Å². The molecular weight excluding hydrogens is 208 g/mol. The van der Waals surface area contributed by atoms with E-state index in [0.29, 0.717) is 0 Å². The van der Waals surface area contributed by atoms with E-state index in [-0.39, 0.29) is 0 Å². The van der Waals surface area contributed by atoms with Crippen molar-refractivity contribution in [3.05, 3.63) is 65.5 Å². The first kappa shape index (κ1) is 11.8. The Morgan fingerprint density at radius 3 is 3.12 bits per heavy atom. The first-order valence-corrected chi connectivity index (χ1v) is 5.97. The SMILES string of the molecule is CC1=CC=CC(CNCc2cccnc2)=CC1. The van der Waals surface area contributed by atoms with Crippen molar-refractivity contribution in [2.24, 2.45) is 0 Å². The number of hydrogen-bond acceptors (Lipinski definition) is 2. The number of pyridine rings is 1. The molecule has 0 aromatic carbocycles.